The van der Waals surface area contributed by atoms with Crippen LogP contribution in [0.25, 0.3) is 0 Å². The van der Waals surface area contributed by atoms with Crippen molar-refractivity contribution in [2.75, 3.05) is 12.3 Å². The first-order valence-corrected chi connectivity index (χ1v) is 7.35. The highest BCUT2D eigenvalue weighted by Crippen LogP contribution is 2.22. The molecule has 0 amide bonds. The summed E-state index contributed by atoms with van der Waals surface area (Å²) in [6.45, 7) is 8.76. The lowest BCUT2D eigenvalue weighted by molar-refractivity contribution is 0.724. The van der Waals surface area contributed by atoms with E-state index in [4.69, 9.17) is 0 Å². The molecule has 0 saturated heterocycles. The Labute approximate surface area is 112 Å². The van der Waals surface area contributed by atoms with Gasteiger partial charge in [0.05, 0.1) is 0 Å². The molecular weight excluding hydrogens is 282 g/mol. The zero-order chi connectivity index (χ0) is 12.0. The lowest BCUT2D eigenvalue weighted by Crippen LogP contribution is -2.19. The van der Waals surface area contributed by atoms with Crippen molar-refractivity contribution < 1.29 is 0 Å². The summed E-state index contributed by atoms with van der Waals surface area (Å²) in [5.41, 5.74) is 1.32. The Balaban J connectivity index is 2.19. The molecule has 1 aromatic rings. The summed E-state index contributed by atoms with van der Waals surface area (Å²) in [5.74, 6) is 1.16. The van der Waals surface area contributed by atoms with E-state index in [-0.39, 0.29) is 0 Å². The average molecular weight is 302 g/mol. The van der Waals surface area contributed by atoms with Gasteiger partial charge in [-0.15, -0.1) is 0 Å². The molecule has 0 heterocycles. The van der Waals surface area contributed by atoms with Crippen molar-refractivity contribution >= 4 is 27.7 Å². The second-order valence-electron chi connectivity index (χ2n) is 4.73. The van der Waals surface area contributed by atoms with Gasteiger partial charge in [-0.2, -0.15) is 11.8 Å². The smallest absolute Gasteiger partial charge is 0.0220 e. The van der Waals surface area contributed by atoms with Gasteiger partial charge in [0.25, 0.3) is 0 Å². The fourth-order valence-corrected chi connectivity index (χ4v) is 2.58. The van der Waals surface area contributed by atoms with Crippen molar-refractivity contribution in [2.45, 2.75) is 32.1 Å². The molecule has 0 aliphatic rings. The highest BCUT2D eigenvalue weighted by atomic mass is 79.9. The molecule has 1 N–H and O–H groups in total. The Morgan fingerprint density at radius 2 is 1.94 bits per heavy atom. The zero-order valence-corrected chi connectivity index (χ0v) is 12.6. The third kappa shape index (κ3) is 5.92. The Kier molecular flexibility index (Phi) is 5.87. The molecule has 3 heteroatoms. The van der Waals surface area contributed by atoms with E-state index in [0.29, 0.717) is 4.75 Å². The van der Waals surface area contributed by atoms with Crippen molar-refractivity contribution in [3.8, 4) is 0 Å². The number of thioether (sulfide) groups is 1. The van der Waals surface area contributed by atoms with Crippen LogP contribution in [0.5, 0.6) is 0 Å². The quantitative estimate of drug-likeness (QED) is 0.823. The van der Waals surface area contributed by atoms with Crippen LogP contribution in [0, 0.1) is 0 Å². The summed E-state index contributed by atoms with van der Waals surface area (Å²) in [7, 11) is 0. The monoisotopic (exact) mass is 301 g/mol. The lowest BCUT2D eigenvalue weighted by atomic mass is 10.2. The van der Waals surface area contributed by atoms with Crippen molar-refractivity contribution in [3.05, 3.63) is 34.3 Å². The predicted molar refractivity (Wildman–Crippen MR) is 78.1 cm³/mol. The molecule has 0 unspecified atom stereocenters. The number of benzene rings is 1. The van der Waals surface area contributed by atoms with Gasteiger partial charge in [-0.3, -0.25) is 0 Å². The number of halogens is 1. The maximum absolute atomic E-state index is 3.55. The Bertz CT molecular complexity index is 320. The third-order valence-corrected chi connectivity index (χ3v) is 4.14. The minimum atomic E-state index is 0.370. The molecule has 90 valence electrons. The van der Waals surface area contributed by atoms with E-state index < -0.39 is 0 Å². The van der Waals surface area contributed by atoms with E-state index in [9.17, 15) is 0 Å². The first kappa shape index (κ1) is 14.1. The second-order valence-corrected chi connectivity index (χ2v) is 7.51. The van der Waals surface area contributed by atoms with Gasteiger partial charge in [0.2, 0.25) is 0 Å². The minimum Gasteiger partial charge on any atom is -0.312 e. The molecule has 0 aliphatic heterocycles. The lowest BCUT2D eigenvalue weighted by Gasteiger charge is -2.17. The van der Waals surface area contributed by atoms with Crippen LogP contribution in [0.1, 0.15) is 26.3 Å². The van der Waals surface area contributed by atoms with Gasteiger partial charge in [0, 0.05) is 28.1 Å². The average Bonchev–Trinajstić information content (AvgIpc) is 2.18. The van der Waals surface area contributed by atoms with Crippen molar-refractivity contribution in [3.63, 3.8) is 0 Å². The van der Waals surface area contributed by atoms with Crippen molar-refractivity contribution in [1.29, 1.82) is 0 Å². The molecule has 0 aliphatic carbocycles. The van der Waals surface area contributed by atoms with Crippen LogP contribution in [0.2, 0.25) is 0 Å². The fourth-order valence-electron chi connectivity index (χ4n) is 1.29. The molecule has 0 atom stereocenters. The van der Waals surface area contributed by atoms with Crippen LogP contribution in [0.4, 0.5) is 0 Å². The molecule has 0 spiro atoms. The van der Waals surface area contributed by atoms with Crippen molar-refractivity contribution in [1.82, 2.24) is 5.32 Å². The summed E-state index contributed by atoms with van der Waals surface area (Å²) >= 11 is 5.55. The van der Waals surface area contributed by atoms with E-state index >= 15 is 0 Å². The van der Waals surface area contributed by atoms with E-state index in [2.05, 4.69) is 60.2 Å². The largest absolute Gasteiger partial charge is 0.312 e. The fraction of sp³-hybridized carbons (Fsp3) is 0.538. The highest BCUT2D eigenvalue weighted by Gasteiger charge is 2.09. The summed E-state index contributed by atoms with van der Waals surface area (Å²) < 4.78 is 1.56. The van der Waals surface area contributed by atoms with Crippen LogP contribution in [0.15, 0.2) is 28.7 Å². The molecule has 0 radical (unpaired) electrons. The number of hydrogen-bond donors (Lipinski definition) is 1. The van der Waals surface area contributed by atoms with Crippen LogP contribution >= 0.6 is 27.7 Å². The summed E-state index contributed by atoms with van der Waals surface area (Å²) in [4.78, 5) is 0. The van der Waals surface area contributed by atoms with Gasteiger partial charge >= 0.3 is 0 Å². The van der Waals surface area contributed by atoms with Crippen LogP contribution < -0.4 is 5.32 Å². The third-order valence-electron chi connectivity index (χ3n) is 2.09. The van der Waals surface area contributed by atoms with Crippen LogP contribution in [0.3, 0.4) is 0 Å². The molecule has 0 bridgehead atoms. The number of nitrogens with one attached hydrogen (secondary N) is 1. The maximum Gasteiger partial charge on any atom is 0.0220 e. The van der Waals surface area contributed by atoms with E-state index in [0.717, 1.165) is 18.8 Å². The van der Waals surface area contributed by atoms with Gasteiger partial charge in [-0.25, -0.2) is 0 Å². The zero-order valence-electron chi connectivity index (χ0n) is 10.2. The maximum atomic E-state index is 3.55. The van der Waals surface area contributed by atoms with E-state index in [1.807, 2.05) is 17.8 Å². The highest BCUT2D eigenvalue weighted by molar-refractivity contribution is 9.10. The van der Waals surface area contributed by atoms with Gasteiger partial charge in [-0.1, -0.05) is 54.9 Å². The standard InChI is InChI=1S/C13H20BrNS/c1-13(2,3)16-9-8-15-10-11-6-4-5-7-12(11)14/h4-7,15H,8-10H2,1-3H3. The molecule has 1 rings (SSSR count). The Hall–Kier alpha value is 0.01000. The van der Waals surface area contributed by atoms with Gasteiger partial charge < -0.3 is 5.32 Å². The van der Waals surface area contributed by atoms with Crippen LogP contribution in [-0.4, -0.2) is 17.0 Å². The van der Waals surface area contributed by atoms with Gasteiger partial charge in [0.1, 0.15) is 0 Å². The summed E-state index contributed by atoms with van der Waals surface area (Å²) in [6, 6.07) is 8.35. The first-order chi connectivity index (χ1) is 7.49. The molecule has 0 aromatic heterocycles. The molecule has 1 aromatic carbocycles. The van der Waals surface area contributed by atoms with Gasteiger partial charge in [-0.05, 0) is 11.6 Å². The van der Waals surface area contributed by atoms with E-state index in [1.165, 1.54) is 10.0 Å². The van der Waals surface area contributed by atoms with Crippen LogP contribution in [-0.2, 0) is 6.54 Å². The minimum absolute atomic E-state index is 0.370. The normalized spacial score (nSPS) is 11.8. The molecule has 0 fully saturated rings. The molecular formula is C13H20BrNS. The number of hydrogen-bond acceptors (Lipinski definition) is 2. The van der Waals surface area contributed by atoms with Gasteiger partial charge in [0.15, 0.2) is 0 Å². The molecule has 0 saturated carbocycles. The summed E-state index contributed by atoms with van der Waals surface area (Å²) in [6.07, 6.45) is 0. The van der Waals surface area contributed by atoms with Crippen molar-refractivity contribution in [2.24, 2.45) is 0 Å². The first-order valence-electron chi connectivity index (χ1n) is 5.57. The topological polar surface area (TPSA) is 12.0 Å². The molecule has 16 heavy (non-hydrogen) atoms. The molecule has 1 nitrogen and oxygen atoms in total. The Morgan fingerprint density at radius 3 is 2.56 bits per heavy atom. The number of rotatable bonds is 5. The predicted octanol–water partition coefficient (Wildman–Crippen LogP) is 4.07. The van der Waals surface area contributed by atoms with E-state index in [1.54, 1.807) is 0 Å². The summed E-state index contributed by atoms with van der Waals surface area (Å²) in [5, 5.41) is 3.46. The second kappa shape index (κ2) is 6.67. The Morgan fingerprint density at radius 1 is 1.25 bits per heavy atom. The SMILES string of the molecule is CC(C)(C)SCCNCc1ccccc1Br.